The number of rotatable bonds is 5. The first kappa shape index (κ1) is 17.5. The van der Waals surface area contributed by atoms with E-state index in [0.29, 0.717) is 5.69 Å². The first-order valence-corrected chi connectivity index (χ1v) is 9.73. The molecular weight excluding hydrogens is 338 g/mol. The number of H-pyrrole nitrogens is 1. The third-order valence-electron chi connectivity index (χ3n) is 5.12. The van der Waals surface area contributed by atoms with Gasteiger partial charge in [0.2, 0.25) is 0 Å². The van der Waals surface area contributed by atoms with Crippen LogP contribution in [0.3, 0.4) is 0 Å². The molecule has 2 N–H and O–H groups in total. The van der Waals surface area contributed by atoms with E-state index in [0.717, 1.165) is 48.1 Å². The minimum atomic E-state index is -0.204. The van der Waals surface area contributed by atoms with Crippen LogP contribution in [0.1, 0.15) is 48.8 Å². The SMILES string of the molecule is CCCc1cc(C(=O)Nc2ccc(N3CCCCC3)c3ccncc23)n[nH]1. The lowest BCUT2D eigenvalue weighted by Gasteiger charge is -2.30. The Labute approximate surface area is 159 Å². The summed E-state index contributed by atoms with van der Waals surface area (Å²) in [6, 6.07) is 7.94. The van der Waals surface area contributed by atoms with Gasteiger partial charge in [0.05, 0.1) is 5.69 Å². The molecule has 1 aromatic carbocycles. The average molecular weight is 363 g/mol. The topological polar surface area (TPSA) is 73.9 Å². The number of nitrogens with one attached hydrogen (secondary N) is 2. The molecular formula is C21H25N5O. The van der Waals surface area contributed by atoms with E-state index >= 15 is 0 Å². The molecule has 0 aliphatic carbocycles. The molecule has 1 fully saturated rings. The number of aromatic amines is 1. The number of hydrogen-bond donors (Lipinski definition) is 2. The van der Waals surface area contributed by atoms with Gasteiger partial charge in [0.1, 0.15) is 0 Å². The summed E-state index contributed by atoms with van der Waals surface area (Å²) < 4.78 is 0. The zero-order valence-corrected chi connectivity index (χ0v) is 15.7. The van der Waals surface area contributed by atoms with E-state index in [9.17, 15) is 4.79 Å². The molecule has 0 atom stereocenters. The Hall–Kier alpha value is -2.89. The molecule has 1 aliphatic rings. The third-order valence-corrected chi connectivity index (χ3v) is 5.12. The van der Waals surface area contributed by atoms with Gasteiger partial charge >= 0.3 is 0 Å². The summed E-state index contributed by atoms with van der Waals surface area (Å²) in [7, 11) is 0. The molecule has 1 aliphatic heterocycles. The number of aryl methyl sites for hydroxylation is 1. The normalized spacial score (nSPS) is 14.5. The van der Waals surface area contributed by atoms with Crippen LogP contribution < -0.4 is 10.2 Å². The maximum atomic E-state index is 12.6. The third kappa shape index (κ3) is 3.65. The van der Waals surface area contributed by atoms with E-state index in [1.54, 1.807) is 0 Å². The molecule has 0 spiro atoms. The van der Waals surface area contributed by atoms with Gasteiger partial charge in [-0.1, -0.05) is 13.3 Å². The van der Waals surface area contributed by atoms with Crippen LogP contribution in [0, 0.1) is 0 Å². The number of pyridine rings is 1. The molecule has 3 heterocycles. The van der Waals surface area contributed by atoms with Gasteiger partial charge in [0, 0.05) is 47.6 Å². The zero-order valence-electron chi connectivity index (χ0n) is 15.7. The second-order valence-electron chi connectivity index (χ2n) is 7.08. The summed E-state index contributed by atoms with van der Waals surface area (Å²) >= 11 is 0. The molecule has 4 rings (SSSR count). The number of piperidine rings is 1. The van der Waals surface area contributed by atoms with Crippen LogP contribution in [0.2, 0.25) is 0 Å². The summed E-state index contributed by atoms with van der Waals surface area (Å²) in [5.41, 5.74) is 3.38. The maximum absolute atomic E-state index is 12.6. The molecule has 3 aromatic rings. The standard InChI is InChI=1S/C21H25N5O/c1-2-6-15-13-19(25-24-15)21(27)23-18-7-8-20(26-11-4-3-5-12-26)16-9-10-22-14-17(16)18/h7-10,13-14H,2-6,11-12H2,1H3,(H,23,27)(H,24,25). The molecule has 0 bridgehead atoms. The number of carbonyl (C=O) groups excluding carboxylic acids is 1. The lowest BCUT2D eigenvalue weighted by atomic mass is 10.0. The van der Waals surface area contributed by atoms with Crippen LogP contribution in [0.25, 0.3) is 10.8 Å². The summed E-state index contributed by atoms with van der Waals surface area (Å²) in [5, 5.41) is 12.2. The Bertz CT molecular complexity index is 943. The molecule has 0 radical (unpaired) electrons. The fourth-order valence-electron chi connectivity index (χ4n) is 3.76. The van der Waals surface area contributed by atoms with Crippen molar-refractivity contribution in [1.29, 1.82) is 0 Å². The Morgan fingerprint density at radius 1 is 1.19 bits per heavy atom. The largest absolute Gasteiger partial charge is 0.371 e. The highest BCUT2D eigenvalue weighted by Crippen LogP contribution is 2.33. The summed E-state index contributed by atoms with van der Waals surface area (Å²) in [6.07, 6.45) is 9.29. The Kier molecular flexibility index (Phi) is 5.05. The molecule has 0 saturated carbocycles. The molecule has 1 amide bonds. The fourth-order valence-corrected chi connectivity index (χ4v) is 3.76. The fraction of sp³-hybridized carbons (Fsp3) is 0.381. The van der Waals surface area contributed by atoms with E-state index in [2.05, 4.69) is 38.4 Å². The predicted octanol–water partition coefficient (Wildman–Crippen LogP) is 4.15. The first-order valence-electron chi connectivity index (χ1n) is 9.73. The van der Waals surface area contributed by atoms with Crippen LogP contribution in [0.15, 0.2) is 36.7 Å². The minimum Gasteiger partial charge on any atom is -0.371 e. The van der Waals surface area contributed by atoms with Crippen molar-refractivity contribution in [2.24, 2.45) is 0 Å². The quantitative estimate of drug-likeness (QED) is 0.714. The predicted molar refractivity (Wildman–Crippen MR) is 108 cm³/mol. The number of carbonyl (C=O) groups is 1. The van der Waals surface area contributed by atoms with Crippen molar-refractivity contribution in [2.45, 2.75) is 39.0 Å². The molecule has 2 aromatic heterocycles. The van der Waals surface area contributed by atoms with E-state index in [4.69, 9.17) is 0 Å². The van der Waals surface area contributed by atoms with Crippen molar-refractivity contribution in [2.75, 3.05) is 23.3 Å². The van der Waals surface area contributed by atoms with Crippen LogP contribution in [-0.2, 0) is 6.42 Å². The van der Waals surface area contributed by atoms with Gasteiger partial charge in [-0.15, -0.1) is 0 Å². The van der Waals surface area contributed by atoms with Gasteiger partial charge in [-0.25, -0.2) is 0 Å². The average Bonchev–Trinajstić information content (AvgIpc) is 3.18. The summed E-state index contributed by atoms with van der Waals surface area (Å²) in [5.74, 6) is -0.204. The van der Waals surface area contributed by atoms with Crippen LogP contribution in [0.5, 0.6) is 0 Å². The molecule has 140 valence electrons. The monoisotopic (exact) mass is 363 g/mol. The summed E-state index contributed by atoms with van der Waals surface area (Å²) in [6.45, 7) is 4.26. The van der Waals surface area contributed by atoms with Crippen molar-refractivity contribution in [3.63, 3.8) is 0 Å². The number of amides is 1. The van der Waals surface area contributed by atoms with E-state index in [1.165, 1.54) is 24.9 Å². The van der Waals surface area contributed by atoms with E-state index in [1.807, 2.05) is 30.6 Å². The van der Waals surface area contributed by atoms with Gasteiger partial charge in [-0.05, 0) is 49.9 Å². The number of aromatic nitrogens is 3. The highest BCUT2D eigenvalue weighted by Gasteiger charge is 2.17. The first-order chi connectivity index (χ1) is 13.3. The highest BCUT2D eigenvalue weighted by atomic mass is 16.1. The number of nitrogens with zero attached hydrogens (tertiary/aromatic N) is 3. The van der Waals surface area contributed by atoms with Crippen LogP contribution >= 0.6 is 0 Å². The smallest absolute Gasteiger partial charge is 0.276 e. The molecule has 0 unspecified atom stereocenters. The van der Waals surface area contributed by atoms with Crippen molar-refractivity contribution in [3.05, 3.63) is 48.0 Å². The second kappa shape index (κ2) is 7.78. The second-order valence-corrected chi connectivity index (χ2v) is 7.08. The number of hydrogen-bond acceptors (Lipinski definition) is 4. The molecule has 27 heavy (non-hydrogen) atoms. The highest BCUT2D eigenvalue weighted by molar-refractivity contribution is 6.10. The molecule has 1 saturated heterocycles. The molecule has 6 nitrogen and oxygen atoms in total. The van der Waals surface area contributed by atoms with Crippen molar-refractivity contribution < 1.29 is 4.79 Å². The molecule has 6 heteroatoms. The van der Waals surface area contributed by atoms with Gasteiger partial charge in [-0.3, -0.25) is 14.9 Å². The van der Waals surface area contributed by atoms with Crippen LogP contribution in [0.4, 0.5) is 11.4 Å². The number of fused-ring (bicyclic) bond motifs is 1. The van der Waals surface area contributed by atoms with Gasteiger partial charge in [0.25, 0.3) is 5.91 Å². The minimum absolute atomic E-state index is 0.204. The number of anilines is 2. The van der Waals surface area contributed by atoms with E-state index < -0.39 is 0 Å². The van der Waals surface area contributed by atoms with E-state index in [-0.39, 0.29) is 5.91 Å². The van der Waals surface area contributed by atoms with Gasteiger partial charge in [-0.2, -0.15) is 5.10 Å². The summed E-state index contributed by atoms with van der Waals surface area (Å²) in [4.78, 5) is 19.3. The van der Waals surface area contributed by atoms with Crippen molar-refractivity contribution in [3.8, 4) is 0 Å². The Morgan fingerprint density at radius 3 is 2.85 bits per heavy atom. The zero-order chi connectivity index (χ0) is 18.6. The Balaban J connectivity index is 1.63. The lowest BCUT2D eigenvalue weighted by Crippen LogP contribution is -2.29. The maximum Gasteiger partial charge on any atom is 0.276 e. The van der Waals surface area contributed by atoms with Gasteiger partial charge in [0.15, 0.2) is 5.69 Å². The van der Waals surface area contributed by atoms with Gasteiger partial charge < -0.3 is 10.2 Å². The lowest BCUT2D eigenvalue weighted by molar-refractivity contribution is 0.102. The Morgan fingerprint density at radius 2 is 2.04 bits per heavy atom. The van der Waals surface area contributed by atoms with Crippen molar-refractivity contribution in [1.82, 2.24) is 15.2 Å². The number of benzene rings is 1. The van der Waals surface area contributed by atoms with Crippen LogP contribution in [-0.4, -0.2) is 34.2 Å². The van der Waals surface area contributed by atoms with Crippen molar-refractivity contribution >= 4 is 28.1 Å².